The molecule has 0 aliphatic heterocycles. The van der Waals surface area contributed by atoms with E-state index in [1.54, 1.807) is 7.05 Å². The minimum atomic E-state index is -0.204. The number of carbonyl (C=O) groups excluding carboxylic acids is 1. The van der Waals surface area contributed by atoms with Gasteiger partial charge in [-0.15, -0.1) is 0 Å². The zero-order valence-electron chi connectivity index (χ0n) is 9.29. The Hall–Kier alpha value is -1.23. The maximum atomic E-state index is 10.9. The largest absolute Gasteiger partial charge is 0.489 e. The van der Waals surface area contributed by atoms with Gasteiger partial charge in [-0.1, -0.05) is 22.0 Å². The summed E-state index contributed by atoms with van der Waals surface area (Å²) in [5.41, 5.74) is 0. The summed E-state index contributed by atoms with van der Waals surface area (Å²) < 4.78 is 6.59. The van der Waals surface area contributed by atoms with Crippen LogP contribution in [0.15, 0.2) is 28.7 Å². The second-order valence-electron chi connectivity index (χ2n) is 3.35. The monoisotopic (exact) mass is 286 g/mol. The van der Waals surface area contributed by atoms with Crippen LogP contribution >= 0.6 is 15.9 Å². The smallest absolute Gasteiger partial charge is 0.314 e. The van der Waals surface area contributed by atoms with Crippen LogP contribution in [0.25, 0.3) is 0 Å². The first kappa shape index (κ1) is 12.8. The molecule has 2 amide bonds. The molecule has 0 bridgehead atoms. The van der Waals surface area contributed by atoms with Crippen molar-refractivity contribution < 1.29 is 9.53 Å². The van der Waals surface area contributed by atoms with Gasteiger partial charge in [-0.25, -0.2) is 4.79 Å². The molecule has 4 nitrogen and oxygen atoms in total. The van der Waals surface area contributed by atoms with E-state index >= 15 is 0 Å². The summed E-state index contributed by atoms with van der Waals surface area (Å²) in [6.07, 6.45) is -0.0772. The second kappa shape index (κ2) is 6.37. The number of nitrogens with one attached hydrogen (secondary N) is 2. The van der Waals surface area contributed by atoms with E-state index < -0.39 is 0 Å². The molecule has 0 aliphatic rings. The van der Waals surface area contributed by atoms with Crippen LogP contribution in [0.2, 0.25) is 0 Å². The van der Waals surface area contributed by atoms with Crippen molar-refractivity contribution in [2.45, 2.75) is 13.0 Å². The Labute approximate surface area is 103 Å². The minimum Gasteiger partial charge on any atom is -0.489 e. The van der Waals surface area contributed by atoms with Crippen molar-refractivity contribution in [3.63, 3.8) is 0 Å². The van der Waals surface area contributed by atoms with Crippen molar-refractivity contribution in [3.8, 4) is 5.75 Å². The molecule has 0 aliphatic carbocycles. The van der Waals surface area contributed by atoms with Crippen molar-refractivity contribution in [2.75, 3.05) is 13.6 Å². The van der Waals surface area contributed by atoms with E-state index in [1.165, 1.54) is 0 Å². The molecule has 16 heavy (non-hydrogen) atoms. The highest BCUT2D eigenvalue weighted by Gasteiger charge is 2.05. The number of urea groups is 1. The van der Waals surface area contributed by atoms with Gasteiger partial charge < -0.3 is 15.4 Å². The molecule has 2 N–H and O–H groups in total. The maximum absolute atomic E-state index is 10.9. The fraction of sp³-hybridized carbons (Fsp3) is 0.364. The average Bonchev–Trinajstić information content (AvgIpc) is 2.26. The van der Waals surface area contributed by atoms with Gasteiger partial charge in [-0.2, -0.15) is 0 Å². The standard InChI is InChI=1S/C11H15BrN2O2/c1-8(7-14-11(15)13-2)16-10-5-3-4-9(12)6-10/h3-6,8H,7H2,1-2H3,(H2,13,14,15)/t8-/m1/s1. The van der Waals surface area contributed by atoms with E-state index in [-0.39, 0.29) is 12.1 Å². The van der Waals surface area contributed by atoms with E-state index in [0.29, 0.717) is 6.54 Å². The van der Waals surface area contributed by atoms with Crippen LogP contribution in [-0.4, -0.2) is 25.7 Å². The third-order valence-corrected chi connectivity index (χ3v) is 2.40. The molecule has 0 radical (unpaired) electrons. The van der Waals surface area contributed by atoms with Gasteiger partial charge in [-0.3, -0.25) is 0 Å². The fourth-order valence-corrected chi connectivity index (χ4v) is 1.52. The zero-order chi connectivity index (χ0) is 12.0. The van der Waals surface area contributed by atoms with Gasteiger partial charge in [-0.05, 0) is 25.1 Å². The molecule has 0 unspecified atom stereocenters. The number of rotatable bonds is 4. The number of halogens is 1. The minimum absolute atomic E-state index is 0.0772. The molecule has 88 valence electrons. The quantitative estimate of drug-likeness (QED) is 0.891. The third-order valence-electron chi connectivity index (χ3n) is 1.91. The molecule has 0 aromatic heterocycles. The second-order valence-corrected chi connectivity index (χ2v) is 4.26. The van der Waals surface area contributed by atoms with Gasteiger partial charge >= 0.3 is 6.03 Å². The Morgan fingerprint density at radius 2 is 2.31 bits per heavy atom. The number of ether oxygens (including phenoxy) is 1. The van der Waals surface area contributed by atoms with Gasteiger partial charge in [0.05, 0.1) is 6.54 Å². The first-order valence-electron chi connectivity index (χ1n) is 4.99. The summed E-state index contributed by atoms with van der Waals surface area (Å²) in [5.74, 6) is 0.778. The van der Waals surface area contributed by atoms with Gasteiger partial charge in [0, 0.05) is 11.5 Å². The van der Waals surface area contributed by atoms with Crippen molar-refractivity contribution >= 4 is 22.0 Å². The van der Waals surface area contributed by atoms with Gasteiger partial charge in [0.1, 0.15) is 11.9 Å². The third kappa shape index (κ3) is 4.53. The summed E-state index contributed by atoms with van der Waals surface area (Å²) in [7, 11) is 1.58. The van der Waals surface area contributed by atoms with Crippen LogP contribution in [-0.2, 0) is 0 Å². The van der Waals surface area contributed by atoms with Crippen LogP contribution in [0.5, 0.6) is 5.75 Å². The van der Waals surface area contributed by atoms with E-state index in [0.717, 1.165) is 10.2 Å². The van der Waals surface area contributed by atoms with E-state index in [9.17, 15) is 4.79 Å². The van der Waals surface area contributed by atoms with Crippen LogP contribution in [0.1, 0.15) is 6.92 Å². The predicted octanol–water partition coefficient (Wildman–Crippen LogP) is 2.15. The number of hydrogen-bond donors (Lipinski definition) is 2. The van der Waals surface area contributed by atoms with Gasteiger partial charge in [0.25, 0.3) is 0 Å². The molecule has 0 saturated carbocycles. The first-order chi connectivity index (χ1) is 7.61. The highest BCUT2D eigenvalue weighted by Crippen LogP contribution is 2.18. The Balaban J connectivity index is 2.39. The van der Waals surface area contributed by atoms with Gasteiger partial charge in [0.2, 0.25) is 0 Å². The molecule has 0 spiro atoms. The summed E-state index contributed by atoms with van der Waals surface area (Å²) in [4.78, 5) is 10.9. The maximum Gasteiger partial charge on any atom is 0.314 e. The molecular formula is C11H15BrN2O2. The van der Waals surface area contributed by atoms with Gasteiger partial charge in [0.15, 0.2) is 0 Å². The topological polar surface area (TPSA) is 50.4 Å². The molecule has 1 atom stereocenters. The predicted molar refractivity (Wildman–Crippen MR) is 66.7 cm³/mol. The lowest BCUT2D eigenvalue weighted by molar-refractivity contribution is 0.208. The van der Waals surface area contributed by atoms with E-state index in [1.807, 2.05) is 31.2 Å². The molecular weight excluding hydrogens is 272 g/mol. The molecule has 1 aromatic rings. The van der Waals surface area contributed by atoms with Crippen molar-refractivity contribution in [1.82, 2.24) is 10.6 Å². The van der Waals surface area contributed by atoms with E-state index in [2.05, 4.69) is 26.6 Å². The molecule has 0 fully saturated rings. The molecule has 1 rings (SSSR count). The molecule has 0 heterocycles. The summed E-state index contributed by atoms with van der Waals surface area (Å²) in [5, 5.41) is 5.16. The Kier molecular flexibility index (Phi) is 5.11. The Morgan fingerprint density at radius 3 is 2.94 bits per heavy atom. The van der Waals surface area contributed by atoms with Crippen LogP contribution in [0.4, 0.5) is 4.79 Å². The fourth-order valence-electron chi connectivity index (χ4n) is 1.14. The Morgan fingerprint density at radius 1 is 1.56 bits per heavy atom. The highest BCUT2D eigenvalue weighted by molar-refractivity contribution is 9.10. The van der Waals surface area contributed by atoms with Crippen LogP contribution in [0.3, 0.4) is 0 Å². The van der Waals surface area contributed by atoms with Crippen LogP contribution < -0.4 is 15.4 Å². The summed E-state index contributed by atoms with van der Waals surface area (Å²) in [6, 6.07) is 7.39. The average molecular weight is 287 g/mol. The van der Waals surface area contributed by atoms with Crippen LogP contribution in [0, 0.1) is 0 Å². The zero-order valence-corrected chi connectivity index (χ0v) is 10.9. The first-order valence-corrected chi connectivity index (χ1v) is 5.79. The normalized spacial score (nSPS) is 11.7. The van der Waals surface area contributed by atoms with Crippen molar-refractivity contribution in [1.29, 1.82) is 0 Å². The molecule has 5 heteroatoms. The number of benzene rings is 1. The number of hydrogen-bond acceptors (Lipinski definition) is 2. The van der Waals surface area contributed by atoms with Crippen molar-refractivity contribution in [3.05, 3.63) is 28.7 Å². The molecule has 0 saturated heterocycles. The Bertz CT molecular complexity index is 358. The number of carbonyl (C=O) groups is 1. The molecule has 1 aromatic carbocycles. The lowest BCUT2D eigenvalue weighted by Gasteiger charge is -2.15. The summed E-state index contributed by atoms with van der Waals surface area (Å²) in [6.45, 7) is 2.36. The highest BCUT2D eigenvalue weighted by atomic mass is 79.9. The van der Waals surface area contributed by atoms with E-state index in [4.69, 9.17) is 4.74 Å². The SMILES string of the molecule is CNC(=O)NC[C@@H](C)Oc1cccc(Br)c1. The number of amides is 2. The lowest BCUT2D eigenvalue weighted by Crippen LogP contribution is -2.38. The van der Waals surface area contributed by atoms with Crippen molar-refractivity contribution in [2.24, 2.45) is 0 Å². The summed E-state index contributed by atoms with van der Waals surface area (Å²) >= 11 is 3.37. The lowest BCUT2D eigenvalue weighted by atomic mass is 10.3.